The van der Waals surface area contributed by atoms with Crippen molar-refractivity contribution < 1.29 is 14.0 Å². The molecule has 2 aliphatic rings. The molecule has 1 saturated heterocycles. The van der Waals surface area contributed by atoms with E-state index in [1.54, 1.807) is 17.6 Å². The van der Waals surface area contributed by atoms with Crippen LogP contribution in [0.1, 0.15) is 45.6 Å². The molecule has 0 radical (unpaired) electrons. The lowest BCUT2D eigenvalue weighted by Gasteiger charge is -2.26. The van der Waals surface area contributed by atoms with Gasteiger partial charge in [0.15, 0.2) is 5.13 Å². The van der Waals surface area contributed by atoms with Crippen LogP contribution >= 0.6 is 11.3 Å². The molecule has 1 N–H and O–H groups in total. The first kappa shape index (κ1) is 24.4. The maximum Gasteiger partial charge on any atom is 0.274 e. The molecular weight excluding hydrogens is 501 g/mol. The highest BCUT2D eigenvalue weighted by Gasteiger charge is 2.39. The summed E-state index contributed by atoms with van der Waals surface area (Å²) in [5, 5.41) is 4.92. The summed E-state index contributed by atoms with van der Waals surface area (Å²) in [5.74, 6) is -0.768. The zero-order chi connectivity index (χ0) is 26.2. The van der Waals surface area contributed by atoms with Gasteiger partial charge in [0, 0.05) is 35.8 Å². The van der Waals surface area contributed by atoms with Crippen molar-refractivity contribution in [1.82, 2.24) is 19.8 Å². The Labute approximate surface area is 224 Å². The van der Waals surface area contributed by atoms with Crippen LogP contribution in [0.5, 0.6) is 0 Å². The maximum atomic E-state index is 14.1. The Morgan fingerprint density at radius 2 is 2.00 bits per heavy atom. The van der Waals surface area contributed by atoms with Crippen molar-refractivity contribution in [2.24, 2.45) is 0 Å². The molecule has 2 unspecified atom stereocenters. The second-order valence-corrected chi connectivity index (χ2v) is 10.7. The number of carbonyl (C=O) groups excluding carboxylic acids is 2. The molecule has 7 nitrogen and oxygen atoms in total. The minimum Gasteiger partial charge on any atom is -0.317 e. The van der Waals surface area contributed by atoms with Gasteiger partial charge in [-0.1, -0.05) is 42.5 Å². The van der Waals surface area contributed by atoms with Gasteiger partial charge in [-0.3, -0.25) is 14.9 Å². The number of carbonyl (C=O) groups is 2. The summed E-state index contributed by atoms with van der Waals surface area (Å²) in [4.78, 5) is 39.6. The lowest BCUT2D eigenvalue weighted by atomic mass is 9.96. The number of amides is 2. The number of fused-ring (bicyclic) bond motifs is 1. The molecule has 0 aliphatic carbocycles. The molecule has 4 aromatic rings. The van der Waals surface area contributed by atoms with E-state index in [-0.39, 0.29) is 12.5 Å². The van der Waals surface area contributed by atoms with Gasteiger partial charge in [-0.25, -0.2) is 14.4 Å². The molecule has 0 bridgehead atoms. The highest BCUT2D eigenvalue weighted by molar-refractivity contribution is 7.13. The topological polar surface area (TPSA) is 78.4 Å². The SMILES string of the molecule is CN1CCC(c2ccc(-c3ccc4c(n3)C(=O)N(C(C(=O)Nc3nccs3)c3cccc(F)c3)C4)cc2)C1. The highest BCUT2D eigenvalue weighted by Crippen LogP contribution is 2.34. The van der Waals surface area contributed by atoms with Crippen molar-refractivity contribution in [2.75, 3.05) is 25.5 Å². The molecule has 6 rings (SSSR count). The molecule has 2 amide bonds. The van der Waals surface area contributed by atoms with Crippen LogP contribution in [-0.2, 0) is 11.3 Å². The molecule has 0 spiro atoms. The molecule has 1 fully saturated rings. The van der Waals surface area contributed by atoms with Crippen molar-refractivity contribution in [1.29, 1.82) is 0 Å². The second-order valence-electron chi connectivity index (χ2n) is 9.79. The zero-order valence-electron chi connectivity index (χ0n) is 20.8. The number of halogens is 1. The van der Waals surface area contributed by atoms with Crippen LogP contribution in [0.2, 0.25) is 0 Å². The number of thiazole rings is 1. The molecule has 192 valence electrons. The zero-order valence-corrected chi connectivity index (χ0v) is 21.6. The molecule has 9 heteroatoms. The highest BCUT2D eigenvalue weighted by atomic mass is 32.1. The number of rotatable bonds is 6. The first-order valence-corrected chi connectivity index (χ1v) is 13.4. The monoisotopic (exact) mass is 527 g/mol. The number of hydrogen-bond acceptors (Lipinski definition) is 6. The number of aromatic nitrogens is 2. The van der Waals surface area contributed by atoms with E-state index in [4.69, 9.17) is 4.98 Å². The Hall–Kier alpha value is -3.95. The number of pyridine rings is 1. The van der Waals surface area contributed by atoms with Gasteiger partial charge in [0.2, 0.25) is 0 Å². The van der Waals surface area contributed by atoms with E-state index in [1.807, 2.05) is 12.1 Å². The lowest BCUT2D eigenvalue weighted by Crippen LogP contribution is -2.37. The fourth-order valence-electron chi connectivity index (χ4n) is 5.30. The van der Waals surface area contributed by atoms with Crippen molar-refractivity contribution >= 4 is 28.3 Å². The van der Waals surface area contributed by atoms with Gasteiger partial charge in [-0.15, -0.1) is 11.3 Å². The number of nitrogens with one attached hydrogen (secondary N) is 1. The summed E-state index contributed by atoms with van der Waals surface area (Å²) in [5.41, 5.74) is 4.36. The maximum absolute atomic E-state index is 14.1. The van der Waals surface area contributed by atoms with Gasteiger partial charge in [-0.05, 0) is 55.3 Å². The van der Waals surface area contributed by atoms with Crippen molar-refractivity contribution in [3.63, 3.8) is 0 Å². The third-order valence-electron chi connectivity index (χ3n) is 7.24. The molecule has 2 aromatic heterocycles. The lowest BCUT2D eigenvalue weighted by molar-refractivity contribution is -0.120. The van der Waals surface area contributed by atoms with E-state index < -0.39 is 17.8 Å². The van der Waals surface area contributed by atoms with Crippen LogP contribution in [0.3, 0.4) is 0 Å². The van der Waals surface area contributed by atoms with Gasteiger partial charge in [0.1, 0.15) is 17.6 Å². The third-order valence-corrected chi connectivity index (χ3v) is 7.93. The minimum absolute atomic E-state index is 0.196. The number of nitrogens with zero attached hydrogens (tertiary/aromatic N) is 4. The Bertz CT molecular complexity index is 1490. The van der Waals surface area contributed by atoms with Gasteiger partial charge in [0.05, 0.1) is 5.69 Å². The fraction of sp³-hybridized carbons (Fsp3) is 0.241. The number of likely N-dealkylation sites (tertiary alicyclic amines) is 1. The number of likely N-dealkylation sites (N-methyl/N-ethyl adjacent to an activating group) is 1. The average Bonchev–Trinajstić information content (AvgIpc) is 3.66. The van der Waals surface area contributed by atoms with Crippen LogP contribution in [0.15, 0.2) is 72.2 Å². The summed E-state index contributed by atoms with van der Waals surface area (Å²) >= 11 is 1.27. The van der Waals surface area contributed by atoms with Gasteiger partial charge in [-0.2, -0.15) is 0 Å². The Kier molecular flexibility index (Phi) is 6.47. The first-order chi connectivity index (χ1) is 18.5. The summed E-state index contributed by atoms with van der Waals surface area (Å²) in [7, 11) is 2.14. The molecule has 0 saturated carbocycles. The smallest absolute Gasteiger partial charge is 0.274 e. The van der Waals surface area contributed by atoms with E-state index in [9.17, 15) is 14.0 Å². The van der Waals surface area contributed by atoms with E-state index in [0.29, 0.717) is 28.0 Å². The summed E-state index contributed by atoms with van der Waals surface area (Å²) in [6.45, 7) is 2.36. The standard InChI is InChI=1S/C29H26FN5O2S/c1-34-13-11-21(16-34)18-5-7-19(8-6-18)24-10-9-22-17-35(28(37)25(22)32-24)26(20-3-2-4-23(30)15-20)27(36)33-29-31-12-14-38-29/h2-10,12,14-15,21,26H,11,13,16-17H2,1H3,(H,31,33,36). The van der Waals surface area contributed by atoms with Crippen molar-refractivity contribution in [3.8, 4) is 11.3 Å². The van der Waals surface area contributed by atoms with Crippen LogP contribution < -0.4 is 5.32 Å². The van der Waals surface area contributed by atoms with Crippen LogP contribution in [-0.4, -0.2) is 51.7 Å². The predicted octanol–water partition coefficient (Wildman–Crippen LogP) is 5.10. The van der Waals surface area contributed by atoms with Crippen LogP contribution in [0.25, 0.3) is 11.3 Å². The molecule has 4 heterocycles. The minimum atomic E-state index is -1.04. The molecule has 2 aliphatic heterocycles. The van der Waals surface area contributed by atoms with Crippen molar-refractivity contribution in [3.05, 3.63) is 100 Å². The van der Waals surface area contributed by atoms with Crippen LogP contribution in [0, 0.1) is 5.82 Å². The van der Waals surface area contributed by atoms with E-state index in [1.165, 1.54) is 40.0 Å². The summed E-state index contributed by atoms with van der Waals surface area (Å²) in [6, 6.07) is 16.9. The normalized spacial score (nSPS) is 18.0. The number of anilines is 1. The van der Waals surface area contributed by atoms with Gasteiger partial charge < -0.3 is 9.80 Å². The third kappa shape index (κ3) is 4.70. The van der Waals surface area contributed by atoms with E-state index in [0.717, 1.165) is 30.6 Å². The second kappa shape index (κ2) is 10.1. The number of hydrogen-bond donors (Lipinski definition) is 1. The Balaban J connectivity index is 1.28. The van der Waals surface area contributed by atoms with Crippen LogP contribution in [0.4, 0.5) is 9.52 Å². The predicted molar refractivity (Wildman–Crippen MR) is 144 cm³/mol. The summed E-state index contributed by atoms with van der Waals surface area (Å²) < 4.78 is 14.1. The summed E-state index contributed by atoms with van der Waals surface area (Å²) in [6.07, 6.45) is 2.73. The van der Waals surface area contributed by atoms with Gasteiger partial charge >= 0.3 is 0 Å². The molecule has 2 atom stereocenters. The molecule has 2 aromatic carbocycles. The largest absolute Gasteiger partial charge is 0.317 e. The first-order valence-electron chi connectivity index (χ1n) is 12.5. The molecular formula is C29H26FN5O2S. The Morgan fingerprint density at radius 3 is 2.71 bits per heavy atom. The Morgan fingerprint density at radius 1 is 1.16 bits per heavy atom. The average molecular weight is 528 g/mol. The van der Waals surface area contributed by atoms with E-state index in [2.05, 4.69) is 46.5 Å². The van der Waals surface area contributed by atoms with Crippen molar-refractivity contribution in [2.45, 2.75) is 24.9 Å². The van der Waals surface area contributed by atoms with Gasteiger partial charge in [0.25, 0.3) is 11.8 Å². The quantitative estimate of drug-likeness (QED) is 0.378. The number of benzene rings is 2. The van der Waals surface area contributed by atoms with E-state index >= 15 is 0 Å². The fourth-order valence-corrected chi connectivity index (χ4v) is 5.83. The molecule has 38 heavy (non-hydrogen) atoms.